The van der Waals surface area contributed by atoms with E-state index in [0.717, 1.165) is 0 Å². The summed E-state index contributed by atoms with van der Waals surface area (Å²) in [4.78, 5) is 25.0. The Morgan fingerprint density at radius 1 is 1.23 bits per heavy atom. The van der Waals surface area contributed by atoms with Gasteiger partial charge in [0.05, 0.1) is 11.1 Å². The number of nitrogens with two attached hydrogens (primary N) is 3. The second-order valence-corrected chi connectivity index (χ2v) is 2.39. The average Bonchev–Trinajstić information content (AvgIpc) is 2.04. The van der Waals surface area contributed by atoms with Crippen molar-refractivity contribution in [2.24, 2.45) is 11.5 Å². The SMILES string of the molecule is NC(=O)c1cnc(N)c(C(N)=O)c1. The number of anilines is 1. The van der Waals surface area contributed by atoms with Crippen LogP contribution in [0.3, 0.4) is 0 Å². The van der Waals surface area contributed by atoms with E-state index in [-0.39, 0.29) is 16.9 Å². The summed E-state index contributed by atoms with van der Waals surface area (Å²) in [6, 6.07) is 1.22. The lowest BCUT2D eigenvalue weighted by molar-refractivity contribution is 0.0999. The van der Waals surface area contributed by atoms with Crippen LogP contribution >= 0.6 is 0 Å². The highest BCUT2D eigenvalue weighted by molar-refractivity contribution is 6.00. The molecule has 0 aliphatic rings. The van der Waals surface area contributed by atoms with Gasteiger partial charge in [0.2, 0.25) is 5.91 Å². The third-order valence-corrected chi connectivity index (χ3v) is 1.47. The number of pyridine rings is 1. The third-order valence-electron chi connectivity index (χ3n) is 1.47. The highest BCUT2D eigenvalue weighted by Gasteiger charge is 2.10. The lowest BCUT2D eigenvalue weighted by atomic mass is 10.2. The first kappa shape index (κ1) is 8.98. The minimum atomic E-state index is -0.742. The summed E-state index contributed by atoms with van der Waals surface area (Å²) in [5, 5.41) is 0. The number of nitrogen functional groups attached to an aromatic ring is 1. The van der Waals surface area contributed by atoms with Gasteiger partial charge in [-0.1, -0.05) is 0 Å². The fraction of sp³-hybridized carbons (Fsp3) is 0. The van der Waals surface area contributed by atoms with Crippen LogP contribution in [0.4, 0.5) is 5.82 Å². The molecule has 1 heterocycles. The number of hydrogen-bond acceptors (Lipinski definition) is 4. The molecular formula is C7H8N4O2. The van der Waals surface area contributed by atoms with Gasteiger partial charge in [-0.15, -0.1) is 0 Å². The molecule has 1 aromatic rings. The molecule has 1 aromatic heterocycles. The number of carbonyl (C=O) groups excluding carboxylic acids is 2. The van der Waals surface area contributed by atoms with Crippen LogP contribution in [0.5, 0.6) is 0 Å². The van der Waals surface area contributed by atoms with E-state index >= 15 is 0 Å². The number of hydrogen-bond donors (Lipinski definition) is 3. The summed E-state index contributed by atoms with van der Waals surface area (Å²) in [7, 11) is 0. The molecule has 68 valence electrons. The molecule has 1 rings (SSSR count). The molecule has 6 heteroatoms. The Bertz CT molecular complexity index is 375. The molecule has 0 aromatic carbocycles. The minimum Gasteiger partial charge on any atom is -0.383 e. The zero-order valence-corrected chi connectivity index (χ0v) is 6.65. The molecular weight excluding hydrogens is 172 g/mol. The van der Waals surface area contributed by atoms with Crippen LogP contribution in [0, 0.1) is 0 Å². The molecule has 0 spiro atoms. The molecule has 0 saturated carbocycles. The third kappa shape index (κ3) is 1.73. The quantitative estimate of drug-likeness (QED) is 0.531. The fourth-order valence-electron chi connectivity index (χ4n) is 0.807. The second kappa shape index (κ2) is 3.10. The normalized spacial score (nSPS) is 9.54. The Morgan fingerprint density at radius 3 is 2.31 bits per heavy atom. The van der Waals surface area contributed by atoms with Crippen LogP contribution in [-0.4, -0.2) is 16.8 Å². The Labute approximate surface area is 73.7 Å². The molecule has 0 atom stereocenters. The standard InChI is InChI=1S/C7H8N4O2/c8-5-4(7(10)13)1-3(2-11-5)6(9)12/h1-2H,(H2,8,11)(H2,9,12)(H2,10,13). The maximum absolute atomic E-state index is 10.7. The maximum Gasteiger partial charge on any atom is 0.252 e. The molecule has 0 aliphatic heterocycles. The number of amides is 2. The number of aromatic nitrogens is 1. The first-order chi connectivity index (χ1) is 6.02. The summed E-state index contributed by atoms with van der Waals surface area (Å²) >= 11 is 0. The van der Waals surface area contributed by atoms with E-state index in [2.05, 4.69) is 4.98 Å². The van der Waals surface area contributed by atoms with Crippen LogP contribution in [0.15, 0.2) is 12.3 Å². The van der Waals surface area contributed by atoms with Crippen molar-refractivity contribution >= 4 is 17.6 Å². The van der Waals surface area contributed by atoms with Gasteiger partial charge in [0.15, 0.2) is 0 Å². The summed E-state index contributed by atoms with van der Waals surface area (Å²) in [5.74, 6) is -1.44. The molecule has 0 fully saturated rings. The van der Waals surface area contributed by atoms with E-state index in [0.29, 0.717) is 0 Å². The number of carbonyl (C=O) groups is 2. The average molecular weight is 180 g/mol. The summed E-state index contributed by atoms with van der Waals surface area (Å²) in [6.07, 6.45) is 1.18. The van der Waals surface area contributed by atoms with E-state index in [1.54, 1.807) is 0 Å². The molecule has 0 aliphatic carbocycles. The van der Waals surface area contributed by atoms with Gasteiger partial charge in [-0.05, 0) is 6.07 Å². The van der Waals surface area contributed by atoms with Crippen molar-refractivity contribution in [3.8, 4) is 0 Å². The topological polar surface area (TPSA) is 125 Å². The highest BCUT2D eigenvalue weighted by atomic mass is 16.1. The van der Waals surface area contributed by atoms with Crippen molar-refractivity contribution < 1.29 is 9.59 Å². The van der Waals surface area contributed by atoms with Gasteiger partial charge >= 0.3 is 0 Å². The molecule has 0 radical (unpaired) electrons. The molecule has 6 nitrogen and oxygen atoms in total. The Hall–Kier alpha value is -2.11. The number of nitrogens with zero attached hydrogens (tertiary/aromatic N) is 1. The fourth-order valence-corrected chi connectivity index (χ4v) is 0.807. The van der Waals surface area contributed by atoms with Crippen LogP contribution in [0.1, 0.15) is 20.7 Å². The highest BCUT2D eigenvalue weighted by Crippen LogP contribution is 2.09. The molecule has 0 bridgehead atoms. The van der Waals surface area contributed by atoms with Crippen molar-refractivity contribution in [1.82, 2.24) is 4.98 Å². The largest absolute Gasteiger partial charge is 0.383 e. The Balaban J connectivity index is 3.27. The number of rotatable bonds is 2. The van der Waals surface area contributed by atoms with Crippen LogP contribution < -0.4 is 17.2 Å². The molecule has 6 N–H and O–H groups in total. The lowest BCUT2D eigenvalue weighted by Gasteiger charge is -2.01. The van der Waals surface area contributed by atoms with Gasteiger partial charge in [0.1, 0.15) is 5.82 Å². The summed E-state index contributed by atoms with van der Waals surface area (Å²) < 4.78 is 0. The van der Waals surface area contributed by atoms with E-state index in [1.165, 1.54) is 12.3 Å². The van der Waals surface area contributed by atoms with Crippen molar-refractivity contribution in [3.05, 3.63) is 23.4 Å². The monoisotopic (exact) mass is 180 g/mol. The minimum absolute atomic E-state index is 0.00343. The van der Waals surface area contributed by atoms with Crippen molar-refractivity contribution in [2.75, 3.05) is 5.73 Å². The zero-order chi connectivity index (χ0) is 10.0. The Morgan fingerprint density at radius 2 is 1.85 bits per heavy atom. The Kier molecular flexibility index (Phi) is 2.14. The predicted octanol–water partition coefficient (Wildman–Crippen LogP) is -1.14. The van der Waals surface area contributed by atoms with E-state index in [1.807, 2.05) is 0 Å². The van der Waals surface area contributed by atoms with Crippen molar-refractivity contribution in [3.63, 3.8) is 0 Å². The molecule has 2 amide bonds. The maximum atomic E-state index is 10.7. The van der Waals surface area contributed by atoms with E-state index in [4.69, 9.17) is 17.2 Å². The molecule has 0 unspecified atom stereocenters. The van der Waals surface area contributed by atoms with Crippen LogP contribution in [0.2, 0.25) is 0 Å². The first-order valence-corrected chi connectivity index (χ1v) is 3.37. The zero-order valence-electron chi connectivity index (χ0n) is 6.65. The molecule has 0 saturated heterocycles. The first-order valence-electron chi connectivity index (χ1n) is 3.37. The van der Waals surface area contributed by atoms with Crippen LogP contribution in [-0.2, 0) is 0 Å². The van der Waals surface area contributed by atoms with Gasteiger partial charge in [0.25, 0.3) is 5.91 Å². The van der Waals surface area contributed by atoms with Crippen molar-refractivity contribution in [2.45, 2.75) is 0 Å². The smallest absolute Gasteiger partial charge is 0.252 e. The molecule has 13 heavy (non-hydrogen) atoms. The van der Waals surface area contributed by atoms with Gasteiger partial charge in [-0.2, -0.15) is 0 Å². The summed E-state index contributed by atoms with van der Waals surface area (Å²) in [6.45, 7) is 0. The van der Waals surface area contributed by atoms with Gasteiger partial charge < -0.3 is 17.2 Å². The van der Waals surface area contributed by atoms with Gasteiger partial charge in [-0.25, -0.2) is 4.98 Å². The van der Waals surface area contributed by atoms with Crippen molar-refractivity contribution in [1.29, 1.82) is 0 Å². The second-order valence-electron chi connectivity index (χ2n) is 2.39. The van der Waals surface area contributed by atoms with E-state index < -0.39 is 11.8 Å². The van der Waals surface area contributed by atoms with Gasteiger partial charge in [0, 0.05) is 6.20 Å². The van der Waals surface area contributed by atoms with E-state index in [9.17, 15) is 9.59 Å². The lowest BCUT2D eigenvalue weighted by Crippen LogP contribution is -2.18. The van der Waals surface area contributed by atoms with Gasteiger partial charge in [-0.3, -0.25) is 9.59 Å². The number of primary amides is 2. The summed E-state index contributed by atoms with van der Waals surface area (Å²) in [5.41, 5.74) is 15.4. The predicted molar refractivity (Wildman–Crippen MR) is 45.7 cm³/mol. The van der Waals surface area contributed by atoms with Crippen LogP contribution in [0.25, 0.3) is 0 Å².